The highest BCUT2D eigenvalue weighted by Crippen LogP contribution is 2.37. The monoisotopic (exact) mass is 522 g/mol. The average Bonchev–Trinajstić information content (AvgIpc) is 2.73. The molecule has 0 amide bonds. The van der Waals surface area contributed by atoms with E-state index in [2.05, 4.69) is 15.9 Å². The number of aliphatic hydroxyl groups is 1. The first-order valence-electron chi connectivity index (χ1n) is 9.63. The number of aliphatic hydroxyl groups excluding tert-OH is 1. The Kier molecular flexibility index (Phi) is 9.90. The molecule has 0 saturated heterocycles. The van der Waals surface area contributed by atoms with Crippen LogP contribution in [0.3, 0.4) is 0 Å². The van der Waals surface area contributed by atoms with Gasteiger partial charge >= 0.3 is 14.9 Å². The molecule has 0 aliphatic carbocycles. The second-order valence-electron chi connectivity index (χ2n) is 7.30. The number of nitrogens with two attached hydrogens (primary N) is 1. The lowest BCUT2D eigenvalue weighted by molar-refractivity contribution is -0.139. The summed E-state index contributed by atoms with van der Waals surface area (Å²) in [6.07, 6.45) is -2.96. The van der Waals surface area contributed by atoms with Crippen molar-refractivity contribution in [3.8, 4) is 5.75 Å². The highest BCUT2D eigenvalue weighted by atomic mass is 79.9. The molecule has 2 unspecified atom stereocenters. The molecule has 2 rings (SSSR count). The number of hydrogen-bond acceptors (Lipinski definition) is 5. The lowest BCUT2D eigenvalue weighted by atomic mass is 9.93. The highest BCUT2D eigenvalue weighted by Gasteiger charge is 2.35. The zero-order valence-corrected chi connectivity index (χ0v) is 19.3. The second-order valence-corrected chi connectivity index (χ2v) is 8.67. The maximum Gasteiger partial charge on any atom is 0.494 e. The second kappa shape index (κ2) is 11.9. The maximum atomic E-state index is 13.6. The van der Waals surface area contributed by atoms with Gasteiger partial charge < -0.3 is 15.6 Å². The van der Waals surface area contributed by atoms with Crippen LogP contribution < -0.4 is 10.5 Å². The van der Waals surface area contributed by atoms with Gasteiger partial charge in [-0.2, -0.15) is 13.2 Å². The summed E-state index contributed by atoms with van der Waals surface area (Å²) < 4.78 is 62.3. The van der Waals surface area contributed by atoms with Gasteiger partial charge in [0.2, 0.25) is 0 Å². The first-order chi connectivity index (χ1) is 14.7. The van der Waals surface area contributed by atoms with Crippen LogP contribution in [0.15, 0.2) is 46.9 Å². The third-order valence-electron chi connectivity index (χ3n) is 4.75. The number of halogens is 4. The summed E-state index contributed by atoms with van der Waals surface area (Å²) in [4.78, 5) is 0. The molecule has 0 aliphatic heterocycles. The van der Waals surface area contributed by atoms with Crippen LogP contribution in [0.5, 0.6) is 5.75 Å². The molecule has 2 aromatic carbocycles. The van der Waals surface area contributed by atoms with Crippen LogP contribution in [0.1, 0.15) is 29.5 Å². The van der Waals surface area contributed by atoms with Gasteiger partial charge in [0.25, 0.3) is 0 Å². The molecular formula is C21H25BrF3NO4P+. The Balaban J connectivity index is 2.01. The standard InChI is InChI=1S/C21H25BrF3NO4P/c22-17-5-1-3-15(11-17)4-2-10-29-19-7-6-16(12-18(19)21(23,24)25)8-9-20(26,13-27)14-30-31-28/h1,3,5-7,11-12,27,31H,2,4,8-10,13-14,26H2/q+1. The Bertz CT molecular complexity index is 869. The Labute approximate surface area is 189 Å². The van der Waals surface area contributed by atoms with E-state index in [1.54, 1.807) is 6.07 Å². The fourth-order valence-electron chi connectivity index (χ4n) is 2.99. The molecule has 0 aromatic heterocycles. The van der Waals surface area contributed by atoms with Gasteiger partial charge in [0.1, 0.15) is 12.4 Å². The molecular weight excluding hydrogens is 498 g/mol. The van der Waals surface area contributed by atoms with Crippen LogP contribution in [-0.4, -0.2) is 30.5 Å². The summed E-state index contributed by atoms with van der Waals surface area (Å²) in [5.74, 6) is -0.220. The van der Waals surface area contributed by atoms with Gasteiger partial charge in [-0.15, -0.1) is 4.52 Å². The average molecular weight is 523 g/mol. The number of alkyl halides is 3. The van der Waals surface area contributed by atoms with Crippen molar-refractivity contribution < 1.29 is 32.1 Å². The molecule has 31 heavy (non-hydrogen) atoms. The van der Waals surface area contributed by atoms with E-state index < -0.39 is 32.6 Å². The summed E-state index contributed by atoms with van der Waals surface area (Å²) in [5, 5.41) is 9.43. The minimum absolute atomic E-state index is 0.151. The fourth-order valence-corrected chi connectivity index (χ4v) is 3.79. The van der Waals surface area contributed by atoms with E-state index in [1.165, 1.54) is 6.07 Å². The fraction of sp³-hybridized carbons (Fsp3) is 0.429. The van der Waals surface area contributed by atoms with Crippen molar-refractivity contribution in [2.24, 2.45) is 5.73 Å². The molecule has 0 heterocycles. The number of rotatable bonds is 12. The molecule has 0 radical (unpaired) electrons. The lowest BCUT2D eigenvalue weighted by Gasteiger charge is -2.24. The van der Waals surface area contributed by atoms with E-state index in [1.807, 2.05) is 24.3 Å². The van der Waals surface area contributed by atoms with E-state index in [4.69, 9.17) is 15.0 Å². The smallest absolute Gasteiger partial charge is 0.493 e. The summed E-state index contributed by atoms with van der Waals surface area (Å²) in [5.41, 5.74) is 5.40. The normalized spacial score (nSPS) is 13.9. The molecule has 5 nitrogen and oxygen atoms in total. The van der Waals surface area contributed by atoms with Crippen molar-refractivity contribution in [2.45, 2.75) is 37.4 Å². The molecule has 2 aromatic rings. The zero-order valence-electron chi connectivity index (χ0n) is 16.8. The molecule has 10 heteroatoms. The Hall–Kier alpha value is -1.51. The Morgan fingerprint density at radius 3 is 2.48 bits per heavy atom. The summed E-state index contributed by atoms with van der Waals surface area (Å²) in [6, 6.07) is 11.6. The van der Waals surface area contributed by atoms with E-state index >= 15 is 0 Å². The predicted octanol–water partition coefficient (Wildman–Crippen LogP) is 5.06. The quantitative estimate of drug-likeness (QED) is 0.301. The first kappa shape index (κ1) is 25.7. The zero-order chi connectivity index (χ0) is 22.9. The van der Waals surface area contributed by atoms with Gasteiger partial charge in [-0.1, -0.05) is 34.1 Å². The van der Waals surface area contributed by atoms with Gasteiger partial charge in [0.05, 0.1) is 24.3 Å². The van der Waals surface area contributed by atoms with Crippen molar-refractivity contribution >= 4 is 24.6 Å². The van der Waals surface area contributed by atoms with Crippen molar-refractivity contribution in [2.75, 3.05) is 19.8 Å². The number of benzene rings is 2. The molecule has 170 valence electrons. The SMILES string of the molecule is NC(CO)(CCc1ccc(OCCCc2cccc(Br)c2)c(C(F)(F)F)c1)CO[PH+]=O. The Morgan fingerprint density at radius 2 is 1.84 bits per heavy atom. The highest BCUT2D eigenvalue weighted by molar-refractivity contribution is 9.10. The van der Waals surface area contributed by atoms with Gasteiger partial charge in [0.15, 0.2) is 0 Å². The molecule has 0 saturated carbocycles. The predicted molar refractivity (Wildman–Crippen MR) is 117 cm³/mol. The largest absolute Gasteiger partial charge is 0.494 e. The van der Waals surface area contributed by atoms with Crippen molar-refractivity contribution in [3.63, 3.8) is 0 Å². The van der Waals surface area contributed by atoms with Crippen molar-refractivity contribution in [1.29, 1.82) is 0 Å². The summed E-state index contributed by atoms with van der Waals surface area (Å²) in [7, 11) is -1.03. The number of ether oxygens (including phenoxy) is 1. The molecule has 2 atom stereocenters. The van der Waals surface area contributed by atoms with E-state index in [0.717, 1.165) is 16.1 Å². The van der Waals surface area contributed by atoms with Crippen LogP contribution in [0.4, 0.5) is 13.2 Å². The van der Waals surface area contributed by atoms with Gasteiger partial charge in [-0.05, 0) is 65.6 Å². The minimum atomic E-state index is -4.57. The van der Waals surface area contributed by atoms with E-state index in [0.29, 0.717) is 18.4 Å². The van der Waals surface area contributed by atoms with Gasteiger partial charge in [-0.25, -0.2) is 0 Å². The number of aryl methyl sites for hydroxylation is 2. The molecule has 0 fully saturated rings. The van der Waals surface area contributed by atoms with E-state index in [9.17, 15) is 22.8 Å². The molecule has 0 bridgehead atoms. The topological polar surface area (TPSA) is 81.8 Å². The van der Waals surface area contributed by atoms with Crippen LogP contribution in [-0.2, 0) is 28.1 Å². The Morgan fingerprint density at radius 1 is 1.10 bits per heavy atom. The third-order valence-corrected chi connectivity index (χ3v) is 5.51. The van der Waals surface area contributed by atoms with Crippen molar-refractivity contribution in [3.05, 3.63) is 63.6 Å². The van der Waals surface area contributed by atoms with Crippen LogP contribution in [0.25, 0.3) is 0 Å². The number of hydrogen-bond donors (Lipinski definition) is 2. The first-order valence-corrected chi connectivity index (χ1v) is 11.2. The van der Waals surface area contributed by atoms with Gasteiger partial charge in [-0.3, -0.25) is 0 Å². The van der Waals surface area contributed by atoms with Crippen molar-refractivity contribution in [1.82, 2.24) is 0 Å². The van der Waals surface area contributed by atoms with E-state index in [-0.39, 0.29) is 31.8 Å². The molecule has 3 N–H and O–H groups in total. The maximum absolute atomic E-state index is 13.6. The lowest BCUT2D eigenvalue weighted by Crippen LogP contribution is -2.47. The summed E-state index contributed by atoms with van der Waals surface area (Å²) >= 11 is 3.39. The summed E-state index contributed by atoms with van der Waals surface area (Å²) in [6.45, 7) is -0.446. The molecule has 0 aliphatic rings. The van der Waals surface area contributed by atoms with Crippen LogP contribution in [0, 0.1) is 0 Å². The minimum Gasteiger partial charge on any atom is -0.493 e. The van der Waals surface area contributed by atoms with Gasteiger partial charge in [0, 0.05) is 4.47 Å². The van der Waals surface area contributed by atoms with Crippen LogP contribution >= 0.6 is 24.6 Å². The van der Waals surface area contributed by atoms with Crippen LogP contribution in [0.2, 0.25) is 0 Å². The third kappa shape index (κ3) is 8.50. The molecule has 0 spiro atoms.